The third-order valence-corrected chi connectivity index (χ3v) is 2.35. The van der Waals surface area contributed by atoms with Crippen molar-refractivity contribution in [2.75, 3.05) is 0 Å². The Hall–Kier alpha value is -3.03. The number of pyridine rings is 1. The minimum Gasteiger partial charge on any atom is -0.429 e. The van der Waals surface area contributed by atoms with Crippen LogP contribution in [0.3, 0.4) is 0 Å². The second-order valence-corrected chi connectivity index (χ2v) is 3.72. The number of amidine groups is 1. The normalized spacial score (nSPS) is 10.1. The van der Waals surface area contributed by atoms with E-state index in [-0.39, 0.29) is 17.4 Å². The summed E-state index contributed by atoms with van der Waals surface area (Å²) < 4.78 is 18.7. The highest BCUT2D eigenvalue weighted by Gasteiger charge is 2.20. The van der Waals surface area contributed by atoms with Gasteiger partial charge in [-0.2, -0.15) is 0 Å². The van der Waals surface area contributed by atoms with Gasteiger partial charge in [-0.1, -0.05) is 12.1 Å². The van der Waals surface area contributed by atoms with Gasteiger partial charge in [0.25, 0.3) is 0 Å². The van der Waals surface area contributed by atoms with Gasteiger partial charge < -0.3 is 10.5 Å². The molecule has 1 heterocycles. The average Bonchev–Trinajstić information content (AvgIpc) is 2.41. The number of nitrogens with two attached hydrogens (primary N) is 1. The molecule has 0 radical (unpaired) electrons. The fourth-order valence-corrected chi connectivity index (χ4v) is 1.47. The molecule has 0 saturated heterocycles. The van der Waals surface area contributed by atoms with E-state index in [0.29, 0.717) is 0 Å². The number of hydrogen-bond acceptors (Lipinski definition) is 5. The zero-order valence-corrected chi connectivity index (χ0v) is 10.0. The molecular weight excluding hydrogens is 267 g/mol. The minimum absolute atomic E-state index is 0.0918. The highest BCUT2D eigenvalue weighted by Crippen LogP contribution is 2.32. The Morgan fingerprint density at radius 1 is 1.35 bits per heavy atom. The van der Waals surface area contributed by atoms with Gasteiger partial charge in [0.15, 0.2) is 5.82 Å². The number of nitro groups is 1. The number of halogens is 1. The van der Waals surface area contributed by atoms with E-state index in [0.717, 1.165) is 12.1 Å². The van der Waals surface area contributed by atoms with Crippen LogP contribution in [0.1, 0.15) is 5.69 Å². The van der Waals surface area contributed by atoms with Gasteiger partial charge in [-0.05, 0) is 12.1 Å². The number of hydrogen-bond donors (Lipinski definition) is 2. The third kappa shape index (κ3) is 2.69. The van der Waals surface area contributed by atoms with Crippen LogP contribution in [0.5, 0.6) is 11.6 Å². The Bertz CT molecular complexity index is 690. The molecule has 1 aromatic carbocycles. The van der Waals surface area contributed by atoms with E-state index in [1.165, 1.54) is 24.3 Å². The molecule has 0 spiro atoms. The fraction of sp³-hybridized carbons (Fsp3) is 0. The molecule has 2 aromatic rings. The van der Waals surface area contributed by atoms with Crippen LogP contribution in [0.15, 0.2) is 36.4 Å². The maximum atomic E-state index is 13.6. The predicted octanol–water partition coefficient (Wildman–Crippen LogP) is 2.21. The molecule has 0 saturated carbocycles. The standard InChI is InChI=1S/C12H9FN4O3/c13-7-3-1-5-9(17(18)19)11(7)20-10-6-2-4-8(16-10)12(14)15/h1-6H,(H3,14,15). The number of para-hydroxylation sites is 1. The number of benzene rings is 1. The molecule has 0 unspecified atom stereocenters. The lowest BCUT2D eigenvalue weighted by atomic mass is 10.3. The molecule has 3 N–H and O–H groups in total. The van der Waals surface area contributed by atoms with Crippen LogP contribution in [-0.4, -0.2) is 15.7 Å². The molecule has 0 aliphatic rings. The highest BCUT2D eigenvalue weighted by molar-refractivity contribution is 5.93. The number of nitrogens with one attached hydrogen (secondary N) is 1. The van der Waals surface area contributed by atoms with Crippen LogP contribution in [0.2, 0.25) is 0 Å². The fourth-order valence-electron chi connectivity index (χ4n) is 1.47. The molecule has 0 amide bonds. The van der Waals surface area contributed by atoms with Crippen molar-refractivity contribution in [1.82, 2.24) is 4.98 Å². The van der Waals surface area contributed by atoms with Crippen molar-refractivity contribution in [2.45, 2.75) is 0 Å². The molecule has 20 heavy (non-hydrogen) atoms. The van der Waals surface area contributed by atoms with Gasteiger partial charge in [-0.3, -0.25) is 15.5 Å². The third-order valence-electron chi connectivity index (χ3n) is 2.35. The van der Waals surface area contributed by atoms with E-state index in [4.69, 9.17) is 15.9 Å². The molecule has 0 aliphatic heterocycles. The molecule has 1 aromatic heterocycles. The molecule has 0 fully saturated rings. The molecular formula is C12H9FN4O3. The highest BCUT2D eigenvalue weighted by atomic mass is 19.1. The monoisotopic (exact) mass is 276 g/mol. The Morgan fingerprint density at radius 3 is 2.70 bits per heavy atom. The Balaban J connectivity index is 2.42. The van der Waals surface area contributed by atoms with Crippen molar-refractivity contribution < 1.29 is 14.1 Å². The van der Waals surface area contributed by atoms with Gasteiger partial charge in [-0.25, -0.2) is 9.37 Å². The largest absolute Gasteiger partial charge is 0.429 e. The van der Waals surface area contributed by atoms with Crippen molar-refractivity contribution in [1.29, 1.82) is 5.41 Å². The van der Waals surface area contributed by atoms with E-state index in [9.17, 15) is 14.5 Å². The van der Waals surface area contributed by atoms with Crippen molar-refractivity contribution in [2.24, 2.45) is 5.73 Å². The van der Waals surface area contributed by atoms with Gasteiger partial charge in [0.2, 0.25) is 11.6 Å². The Morgan fingerprint density at radius 2 is 2.05 bits per heavy atom. The molecule has 0 atom stereocenters. The smallest absolute Gasteiger partial charge is 0.314 e. The summed E-state index contributed by atoms with van der Waals surface area (Å²) in [7, 11) is 0. The summed E-state index contributed by atoms with van der Waals surface area (Å²) in [6, 6.07) is 7.70. The predicted molar refractivity (Wildman–Crippen MR) is 68.4 cm³/mol. The number of nitrogen functional groups attached to an aromatic ring is 1. The van der Waals surface area contributed by atoms with E-state index < -0.39 is 22.2 Å². The molecule has 7 nitrogen and oxygen atoms in total. The zero-order chi connectivity index (χ0) is 14.7. The lowest BCUT2D eigenvalue weighted by Gasteiger charge is -2.07. The van der Waals surface area contributed by atoms with Crippen LogP contribution in [-0.2, 0) is 0 Å². The summed E-state index contributed by atoms with van der Waals surface area (Å²) in [5, 5.41) is 18.1. The lowest BCUT2D eigenvalue weighted by Crippen LogP contribution is -2.13. The molecule has 2 rings (SSSR count). The first kappa shape index (κ1) is 13.4. The summed E-state index contributed by atoms with van der Waals surface area (Å²) in [6.07, 6.45) is 0. The second kappa shape index (κ2) is 5.31. The first-order valence-electron chi connectivity index (χ1n) is 5.41. The van der Waals surface area contributed by atoms with Crippen LogP contribution in [0, 0.1) is 21.3 Å². The average molecular weight is 276 g/mol. The SMILES string of the molecule is N=C(N)c1cccc(Oc2c(F)cccc2[N+](=O)[O-])n1. The van der Waals surface area contributed by atoms with Crippen LogP contribution >= 0.6 is 0 Å². The van der Waals surface area contributed by atoms with Crippen molar-refractivity contribution >= 4 is 11.5 Å². The second-order valence-electron chi connectivity index (χ2n) is 3.72. The van der Waals surface area contributed by atoms with Crippen LogP contribution in [0.4, 0.5) is 10.1 Å². The number of aromatic nitrogens is 1. The molecule has 0 bridgehead atoms. The number of nitro benzene ring substituents is 1. The van der Waals surface area contributed by atoms with Crippen molar-refractivity contribution in [3.8, 4) is 11.6 Å². The Kier molecular flexibility index (Phi) is 3.56. The Labute approximate surface area is 112 Å². The van der Waals surface area contributed by atoms with E-state index in [1.807, 2.05) is 0 Å². The van der Waals surface area contributed by atoms with Gasteiger partial charge in [0, 0.05) is 12.1 Å². The number of ether oxygens (including phenoxy) is 1. The van der Waals surface area contributed by atoms with E-state index >= 15 is 0 Å². The zero-order valence-electron chi connectivity index (χ0n) is 10.0. The topological polar surface area (TPSA) is 115 Å². The minimum atomic E-state index is -0.880. The number of rotatable bonds is 4. The van der Waals surface area contributed by atoms with Crippen molar-refractivity contribution in [3.63, 3.8) is 0 Å². The summed E-state index contributed by atoms with van der Waals surface area (Å²) in [4.78, 5) is 13.9. The quantitative estimate of drug-likeness (QED) is 0.384. The van der Waals surface area contributed by atoms with Crippen LogP contribution < -0.4 is 10.5 Å². The summed E-state index contributed by atoms with van der Waals surface area (Å²) in [5.41, 5.74) is 4.88. The first-order valence-corrected chi connectivity index (χ1v) is 5.41. The van der Waals surface area contributed by atoms with Gasteiger partial charge >= 0.3 is 5.69 Å². The van der Waals surface area contributed by atoms with Gasteiger partial charge in [-0.15, -0.1) is 0 Å². The van der Waals surface area contributed by atoms with Gasteiger partial charge in [0.1, 0.15) is 11.5 Å². The van der Waals surface area contributed by atoms with Crippen LogP contribution in [0.25, 0.3) is 0 Å². The summed E-state index contributed by atoms with van der Waals surface area (Å²) in [5.74, 6) is -1.80. The van der Waals surface area contributed by atoms with Gasteiger partial charge in [0.05, 0.1) is 4.92 Å². The lowest BCUT2D eigenvalue weighted by molar-refractivity contribution is -0.385. The number of nitrogens with zero attached hydrogens (tertiary/aromatic N) is 2. The molecule has 0 aliphatic carbocycles. The maximum absolute atomic E-state index is 13.6. The first-order chi connectivity index (χ1) is 9.49. The van der Waals surface area contributed by atoms with E-state index in [2.05, 4.69) is 4.98 Å². The molecule has 102 valence electrons. The summed E-state index contributed by atoms with van der Waals surface area (Å²) >= 11 is 0. The van der Waals surface area contributed by atoms with Crippen molar-refractivity contribution in [3.05, 3.63) is 58.0 Å². The maximum Gasteiger partial charge on any atom is 0.314 e. The van der Waals surface area contributed by atoms with E-state index in [1.54, 1.807) is 0 Å². The molecule has 8 heteroatoms. The summed E-state index contributed by atoms with van der Waals surface area (Å²) in [6.45, 7) is 0.